The second-order valence-corrected chi connectivity index (χ2v) is 5.25. The second-order valence-electron chi connectivity index (χ2n) is 4.78. The molecule has 0 radical (unpaired) electrons. The molecule has 1 aromatic rings. The van der Waals surface area contributed by atoms with Gasteiger partial charge in [-0.2, -0.15) is 0 Å². The number of methoxy groups -OCH3 is 1. The van der Waals surface area contributed by atoms with Gasteiger partial charge in [-0.1, -0.05) is 18.6 Å². The third kappa shape index (κ3) is 2.06. The molecule has 0 saturated heterocycles. The minimum Gasteiger partial charge on any atom is -0.496 e. The fourth-order valence-corrected chi connectivity index (χ4v) is 2.85. The van der Waals surface area contributed by atoms with Crippen molar-refractivity contribution >= 4 is 11.6 Å². The van der Waals surface area contributed by atoms with Crippen LogP contribution in [0.15, 0.2) is 12.1 Å². The molecule has 2 rings (SSSR count). The molecular formula is C14H19ClO. The van der Waals surface area contributed by atoms with Crippen molar-refractivity contribution in [2.24, 2.45) is 5.92 Å². The van der Waals surface area contributed by atoms with Crippen LogP contribution in [0.1, 0.15) is 41.3 Å². The Morgan fingerprint density at radius 3 is 2.19 bits per heavy atom. The summed E-state index contributed by atoms with van der Waals surface area (Å²) in [4.78, 5) is 0. The van der Waals surface area contributed by atoms with Crippen molar-refractivity contribution in [2.75, 3.05) is 7.11 Å². The predicted octanol–water partition coefficient (Wildman–Crippen LogP) is 4.39. The van der Waals surface area contributed by atoms with Crippen molar-refractivity contribution in [3.8, 4) is 5.75 Å². The van der Waals surface area contributed by atoms with Gasteiger partial charge in [-0.3, -0.25) is 0 Å². The lowest BCUT2D eigenvalue weighted by atomic mass is 9.80. The summed E-state index contributed by atoms with van der Waals surface area (Å²) in [5.41, 5.74) is 3.62. The van der Waals surface area contributed by atoms with Crippen LogP contribution in [0.25, 0.3) is 0 Å². The van der Waals surface area contributed by atoms with Crippen LogP contribution in [0.3, 0.4) is 0 Å². The molecule has 0 aromatic heterocycles. The lowest BCUT2D eigenvalue weighted by molar-refractivity contribution is 0.305. The van der Waals surface area contributed by atoms with Gasteiger partial charge < -0.3 is 4.74 Å². The number of benzene rings is 1. The third-order valence-electron chi connectivity index (χ3n) is 3.57. The lowest BCUT2D eigenvalue weighted by Gasteiger charge is -2.30. The van der Waals surface area contributed by atoms with Crippen molar-refractivity contribution in [3.63, 3.8) is 0 Å². The van der Waals surface area contributed by atoms with Gasteiger partial charge in [0.05, 0.1) is 12.5 Å². The number of rotatable bonds is 3. The lowest BCUT2D eigenvalue weighted by Crippen LogP contribution is -2.16. The first-order valence-electron chi connectivity index (χ1n) is 5.92. The van der Waals surface area contributed by atoms with E-state index in [1.165, 1.54) is 36.0 Å². The van der Waals surface area contributed by atoms with Crippen LogP contribution in [0.4, 0.5) is 0 Å². The summed E-state index contributed by atoms with van der Waals surface area (Å²) in [7, 11) is 1.72. The smallest absolute Gasteiger partial charge is 0.124 e. The number of aryl methyl sites for hydroxylation is 2. The predicted molar refractivity (Wildman–Crippen MR) is 68.4 cm³/mol. The normalized spacial score (nSPS) is 18.0. The Kier molecular flexibility index (Phi) is 3.44. The van der Waals surface area contributed by atoms with Crippen LogP contribution in [-0.2, 0) is 0 Å². The molecule has 0 spiro atoms. The van der Waals surface area contributed by atoms with E-state index in [0.29, 0.717) is 5.92 Å². The van der Waals surface area contributed by atoms with E-state index in [2.05, 4.69) is 26.0 Å². The number of hydrogen-bond acceptors (Lipinski definition) is 1. The summed E-state index contributed by atoms with van der Waals surface area (Å²) in [6, 6.07) is 4.34. The number of hydrogen-bond donors (Lipinski definition) is 0. The van der Waals surface area contributed by atoms with Gasteiger partial charge in [0.25, 0.3) is 0 Å². The largest absolute Gasteiger partial charge is 0.496 e. The molecule has 1 aliphatic carbocycles. The Morgan fingerprint density at radius 2 is 1.81 bits per heavy atom. The van der Waals surface area contributed by atoms with Crippen LogP contribution in [0, 0.1) is 19.8 Å². The van der Waals surface area contributed by atoms with E-state index in [4.69, 9.17) is 16.3 Å². The fraction of sp³-hybridized carbons (Fsp3) is 0.571. The Labute approximate surface area is 103 Å². The summed E-state index contributed by atoms with van der Waals surface area (Å²) in [5, 5.41) is 0.178. The van der Waals surface area contributed by atoms with Crippen molar-refractivity contribution in [1.29, 1.82) is 0 Å². The molecule has 1 nitrogen and oxygen atoms in total. The zero-order valence-corrected chi connectivity index (χ0v) is 11.0. The van der Waals surface area contributed by atoms with Gasteiger partial charge in [0, 0.05) is 0 Å². The fourth-order valence-electron chi connectivity index (χ4n) is 2.47. The average molecular weight is 239 g/mol. The van der Waals surface area contributed by atoms with E-state index in [1.54, 1.807) is 7.11 Å². The van der Waals surface area contributed by atoms with Gasteiger partial charge in [-0.05, 0) is 49.3 Å². The monoisotopic (exact) mass is 238 g/mol. The highest BCUT2D eigenvalue weighted by molar-refractivity contribution is 6.21. The summed E-state index contributed by atoms with van der Waals surface area (Å²) in [6.07, 6.45) is 3.89. The zero-order chi connectivity index (χ0) is 11.7. The maximum absolute atomic E-state index is 6.51. The third-order valence-corrected chi connectivity index (χ3v) is 4.18. The molecule has 1 aromatic carbocycles. The van der Waals surface area contributed by atoms with E-state index >= 15 is 0 Å². The molecule has 2 heteroatoms. The highest BCUT2D eigenvalue weighted by Crippen LogP contribution is 2.43. The second kappa shape index (κ2) is 4.67. The van der Waals surface area contributed by atoms with Crippen LogP contribution in [0.2, 0.25) is 0 Å². The van der Waals surface area contributed by atoms with Gasteiger partial charge >= 0.3 is 0 Å². The minimum absolute atomic E-state index is 0.178. The molecular weight excluding hydrogens is 220 g/mol. The molecule has 0 amide bonds. The van der Waals surface area contributed by atoms with Crippen LogP contribution >= 0.6 is 11.6 Å². The summed E-state index contributed by atoms with van der Waals surface area (Å²) in [5.74, 6) is 1.66. The summed E-state index contributed by atoms with van der Waals surface area (Å²) in [6.45, 7) is 4.17. The average Bonchev–Trinajstić information content (AvgIpc) is 2.14. The van der Waals surface area contributed by atoms with Gasteiger partial charge in [-0.25, -0.2) is 0 Å². The Hall–Kier alpha value is -0.690. The Bertz CT molecular complexity index is 359. The number of alkyl halides is 1. The minimum atomic E-state index is 0.178. The SMILES string of the molecule is COc1c(C)cc(C(Cl)C2CCC2)cc1C. The molecule has 88 valence electrons. The van der Waals surface area contributed by atoms with Crippen molar-refractivity contribution < 1.29 is 4.74 Å². The maximum Gasteiger partial charge on any atom is 0.124 e. The Morgan fingerprint density at radius 1 is 1.25 bits per heavy atom. The topological polar surface area (TPSA) is 9.23 Å². The van der Waals surface area contributed by atoms with Gasteiger partial charge in [0.1, 0.15) is 5.75 Å². The van der Waals surface area contributed by atoms with E-state index in [-0.39, 0.29) is 5.38 Å². The standard InChI is InChI=1S/C14H19ClO/c1-9-7-12(8-10(2)14(9)16-3)13(15)11-5-4-6-11/h7-8,11,13H,4-6H2,1-3H3. The first-order chi connectivity index (χ1) is 7.63. The molecule has 0 heterocycles. The summed E-state index contributed by atoms with van der Waals surface area (Å²) >= 11 is 6.51. The molecule has 1 saturated carbocycles. The highest BCUT2D eigenvalue weighted by atomic mass is 35.5. The molecule has 0 aliphatic heterocycles. The molecule has 1 fully saturated rings. The molecule has 1 aliphatic rings. The molecule has 1 atom stereocenters. The van der Waals surface area contributed by atoms with Crippen molar-refractivity contribution in [3.05, 3.63) is 28.8 Å². The number of halogens is 1. The van der Waals surface area contributed by atoms with Gasteiger partial charge in [0.2, 0.25) is 0 Å². The van der Waals surface area contributed by atoms with Gasteiger partial charge in [-0.15, -0.1) is 11.6 Å². The van der Waals surface area contributed by atoms with E-state index in [0.717, 1.165) is 5.75 Å². The maximum atomic E-state index is 6.51. The Balaban J connectivity index is 2.28. The first kappa shape index (κ1) is 11.8. The highest BCUT2D eigenvalue weighted by Gasteiger charge is 2.27. The van der Waals surface area contributed by atoms with Crippen molar-refractivity contribution in [2.45, 2.75) is 38.5 Å². The quantitative estimate of drug-likeness (QED) is 0.710. The van der Waals surface area contributed by atoms with Crippen LogP contribution < -0.4 is 4.74 Å². The summed E-state index contributed by atoms with van der Waals surface area (Å²) < 4.78 is 5.37. The zero-order valence-electron chi connectivity index (χ0n) is 10.2. The van der Waals surface area contributed by atoms with E-state index in [1.807, 2.05) is 0 Å². The number of ether oxygens (including phenoxy) is 1. The molecule has 16 heavy (non-hydrogen) atoms. The first-order valence-corrected chi connectivity index (χ1v) is 6.36. The van der Waals surface area contributed by atoms with Crippen molar-refractivity contribution in [1.82, 2.24) is 0 Å². The van der Waals surface area contributed by atoms with Crippen LogP contribution in [-0.4, -0.2) is 7.11 Å². The molecule has 0 N–H and O–H groups in total. The van der Waals surface area contributed by atoms with Crippen LogP contribution in [0.5, 0.6) is 5.75 Å². The molecule has 0 bridgehead atoms. The van der Waals surface area contributed by atoms with E-state index in [9.17, 15) is 0 Å². The van der Waals surface area contributed by atoms with E-state index < -0.39 is 0 Å². The van der Waals surface area contributed by atoms with Gasteiger partial charge in [0.15, 0.2) is 0 Å². The molecule has 1 unspecified atom stereocenters.